The summed E-state index contributed by atoms with van der Waals surface area (Å²) < 4.78 is 19.6. The molecule has 0 radical (unpaired) electrons. The fourth-order valence-corrected chi connectivity index (χ4v) is 2.67. The van der Waals surface area contributed by atoms with Crippen LogP contribution in [0.5, 0.6) is 0 Å². The first-order chi connectivity index (χ1) is 9.63. The molecule has 1 fully saturated rings. The van der Waals surface area contributed by atoms with Crippen LogP contribution < -0.4 is 4.90 Å². The van der Waals surface area contributed by atoms with Gasteiger partial charge in [0.15, 0.2) is 0 Å². The quantitative estimate of drug-likeness (QED) is 0.866. The van der Waals surface area contributed by atoms with Crippen LogP contribution in [0.15, 0.2) is 18.2 Å². The smallest absolute Gasteiger partial charge is 0.146 e. The number of piperidine rings is 1. The standard InChI is InChI=1S/C15H22FNO3/c1-11(19)13-3-2-4-14(16)15(13)17-7-5-12(6-8-17)20-10-9-18/h2-4,11-12,18-19H,5-10H2,1H3. The highest BCUT2D eigenvalue weighted by Crippen LogP contribution is 2.31. The Hall–Kier alpha value is -1.17. The van der Waals surface area contributed by atoms with Gasteiger partial charge in [-0.2, -0.15) is 0 Å². The summed E-state index contributed by atoms with van der Waals surface area (Å²) in [4.78, 5) is 1.97. The van der Waals surface area contributed by atoms with Crippen LogP contribution in [-0.4, -0.2) is 42.6 Å². The number of benzene rings is 1. The maximum absolute atomic E-state index is 14.1. The van der Waals surface area contributed by atoms with Gasteiger partial charge in [-0.15, -0.1) is 0 Å². The predicted octanol–water partition coefficient (Wildman–Crippen LogP) is 1.86. The third-order valence-corrected chi connectivity index (χ3v) is 3.67. The molecule has 2 N–H and O–H groups in total. The number of hydrogen-bond acceptors (Lipinski definition) is 4. The lowest BCUT2D eigenvalue weighted by Gasteiger charge is -2.35. The average Bonchev–Trinajstić information content (AvgIpc) is 2.45. The number of hydrogen-bond donors (Lipinski definition) is 2. The first-order valence-corrected chi connectivity index (χ1v) is 7.07. The Balaban J connectivity index is 2.07. The molecule has 0 bridgehead atoms. The minimum atomic E-state index is -0.691. The molecule has 1 atom stereocenters. The fourth-order valence-electron chi connectivity index (χ4n) is 2.67. The van der Waals surface area contributed by atoms with Gasteiger partial charge in [0.2, 0.25) is 0 Å². The van der Waals surface area contributed by atoms with Crippen molar-refractivity contribution in [1.82, 2.24) is 0 Å². The van der Waals surface area contributed by atoms with E-state index in [1.165, 1.54) is 6.07 Å². The van der Waals surface area contributed by atoms with E-state index in [9.17, 15) is 9.50 Å². The Kier molecular flexibility index (Phi) is 5.34. The molecule has 1 heterocycles. The second-order valence-corrected chi connectivity index (χ2v) is 5.13. The minimum Gasteiger partial charge on any atom is -0.394 e. The summed E-state index contributed by atoms with van der Waals surface area (Å²) in [7, 11) is 0. The van der Waals surface area contributed by atoms with Gasteiger partial charge >= 0.3 is 0 Å². The summed E-state index contributed by atoms with van der Waals surface area (Å²) in [6, 6.07) is 4.81. The van der Waals surface area contributed by atoms with Gasteiger partial charge in [0.25, 0.3) is 0 Å². The summed E-state index contributed by atoms with van der Waals surface area (Å²) in [5.74, 6) is -0.293. The normalized spacial score (nSPS) is 18.3. The third kappa shape index (κ3) is 3.48. The molecule has 112 valence electrons. The first kappa shape index (κ1) is 15.2. The molecule has 0 amide bonds. The van der Waals surface area contributed by atoms with Gasteiger partial charge in [-0.3, -0.25) is 0 Å². The van der Waals surface area contributed by atoms with Gasteiger partial charge in [0.1, 0.15) is 5.82 Å². The van der Waals surface area contributed by atoms with Gasteiger partial charge in [-0.05, 0) is 25.8 Å². The SMILES string of the molecule is CC(O)c1cccc(F)c1N1CCC(OCCO)CC1. The van der Waals surface area contributed by atoms with Gasteiger partial charge < -0.3 is 19.8 Å². The van der Waals surface area contributed by atoms with Crippen LogP contribution in [0.25, 0.3) is 0 Å². The Morgan fingerprint density at radius 3 is 2.70 bits per heavy atom. The highest BCUT2D eigenvalue weighted by Gasteiger charge is 2.24. The van der Waals surface area contributed by atoms with E-state index >= 15 is 0 Å². The topological polar surface area (TPSA) is 52.9 Å². The highest BCUT2D eigenvalue weighted by atomic mass is 19.1. The number of rotatable bonds is 5. The molecule has 0 aromatic heterocycles. The molecule has 5 heteroatoms. The number of ether oxygens (including phenoxy) is 1. The molecule has 0 saturated carbocycles. The minimum absolute atomic E-state index is 0.0275. The van der Waals surface area contributed by atoms with Crippen molar-refractivity contribution in [2.24, 2.45) is 0 Å². The molecule has 20 heavy (non-hydrogen) atoms. The zero-order valence-electron chi connectivity index (χ0n) is 11.8. The van der Waals surface area contributed by atoms with E-state index in [1.807, 2.05) is 4.90 Å². The monoisotopic (exact) mass is 283 g/mol. The molecule has 4 nitrogen and oxygen atoms in total. The molecule has 1 aliphatic rings. The summed E-state index contributed by atoms with van der Waals surface area (Å²) in [6.45, 7) is 3.41. The highest BCUT2D eigenvalue weighted by molar-refractivity contribution is 5.56. The van der Waals surface area contributed by atoms with E-state index in [2.05, 4.69) is 0 Å². The van der Waals surface area contributed by atoms with Crippen LogP contribution in [0.3, 0.4) is 0 Å². The molecule has 1 aromatic carbocycles. The van der Waals surface area contributed by atoms with Crippen LogP contribution in [0.1, 0.15) is 31.4 Å². The van der Waals surface area contributed by atoms with Gasteiger partial charge in [0, 0.05) is 18.7 Å². The number of aliphatic hydroxyl groups is 2. The molecular formula is C15H22FNO3. The lowest BCUT2D eigenvalue weighted by Crippen LogP contribution is -2.38. The number of halogens is 1. The van der Waals surface area contributed by atoms with Crippen LogP contribution in [0.4, 0.5) is 10.1 Å². The molecule has 2 rings (SSSR count). The molecule has 1 saturated heterocycles. The lowest BCUT2D eigenvalue weighted by molar-refractivity contribution is 0.0158. The number of anilines is 1. The number of aliphatic hydroxyl groups excluding tert-OH is 2. The first-order valence-electron chi connectivity index (χ1n) is 7.07. The average molecular weight is 283 g/mol. The van der Waals surface area contributed by atoms with Crippen LogP contribution in [0.2, 0.25) is 0 Å². The van der Waals surface area contributed by atoms with Gasteiger partial charge in [0.05, 0.1) is 31.1 Å². The largest absolute Gasteiger partial charge is 0.394 e. The molecule has 0 aliphatic carbocycles. The number of para-hydroxylation sites is 1. The van der Waals surface area contributed by atoms with Crippen molar-refractivity contribution in [2.75, 3.05) is 31.2 Å². The van der Waals surface area contributed by atoms with Crippen molar-refractivity contribution in [3.05, 3.63) is 29.6 Å². The Morgan fingerprint density at radius 1 is 1.40 bits per heavy atom. The second-order valence-electron chi connectivity index (χ2n) is 5.13. The van der Waals surface area contributed by atoms with Crippen molar-refractivity contribution >= 4 is 5.69 Å². The fraction of sp³-hybridized carbons (Fsp3) is 0.600. The van der Waals surface area contributed by atoms with E-state index in [0.717, 1.165) is 12.8 Å². The Bertz CT molecular complexity index is 431. The van der Waals surface area contributed by atoms with Crippen LogP contribution >= 0.6 is 0 Å². The predicted molar refractivity (Wildman–Crippen MR) is 75.3 cm³/mol. The summed E-state index contributed by atoms with van der Waals surface area (Å²) in [6.07, 6.45) is 1.03. The molecule has 0 spiro atoms. The number of nitrogens with zero attached hydrogens (tertiary/aromatic N) is 1. The van der Waals surface area contributed by atoms with Crippen molar-refractivity contribution in [2.45, 2.75) is 32.0 Å². The summed E-state index contributed by atoms with van der Waals surface area (Å²) in [5, 5.41) is 18.5. The van der Waals surface area contributed by atoms with Crippen LogP contribution in [0, 0.1) is 5.82 Å². The summed E-state index contributed by atoms with van der Waals surface area (Å²) >= 11 is 0. The molecule has 1 unspecified atom stereocenters. The van der Waals surface area contributed by atoms with E-state index < -0.39 is 6.10 Å². The summed E-state index contributed by atoms with van der Waals surface area (Å²) in [5.41, 5.74) is 1.13. The lowest BCUT2D eigenvalue weighted by atomic mass is 10.0. The van der Waals surface area contributed by atoms with E-state index in [1.54, 1.807) is 19.1 Å². The van der Waals surface area contributed by atoms with Crippen molar-refractivity contribution in [1.29, 1.82) is 0 Å². The molecule has 1 aliphatic heterocycles. The molecule has 1 aromatic rings. The van der Waals surface area contributed by atoms with E-state index in [0.29, 0.717) is 30.9 Å². The zero-order valence-corrected chi connectivity index (χ0v) is 11.8. The van der Waals surface area contributed by atoms with Crippen LogP contribution in [-0.2, 0) is 4.74 Å². The molecular weight excluding hydrogens is 261 g/mol. The van der Waals surface area contributed by atoms with E-state index in [-0.39, 0.29) is 18.5 Å². The maximum atomic E-state index is 14.1. The van der Waals surface area contributed by atoms with Gasteiger partial charge in [-0.1, -0.05) is 12.1 Å². The Morgan fingerprint density at radius 2 is 2.10 bits per heavy atom. The van der Waals surface area contributed by atoms with Crippen molar-refractivity contribution in [3.63, 3.8) is 0 Å². The third-order valence-electron chi connectivity index (χ3n) is 3.67. The van der Waals surface area contributed by atoms with E-state index in [4.69, 9.17) is 9.84 Å². The maximum Gasteiger partial charge on any atom is 0.146 e. The second kappa shape index (κ2) is 7.02. The van der Waals surface area contributed by atoms with Gasteiger partial charge in [-0.25, -0.2) is 4.39 Å². The van der Waals surface area contributed by atoms with Crippen molar-refractivity contribution < 1.29 is 19.3 Å². The zero-order chi connectivity index (χ0) is 14.5. The Labute approximate surface area is 118 Å². The van der Waals surface area contributed by atoms with Crippen molar-refractivity contribution in [3.8, 4) is 0 Å².